The van der Waals surface area contributed by atoms with Crippen LogP contribution in [0.3, 0.4) is 0 Å². The van der Waals surface area contributed by atoms with Crippen LogP contribution in [0, 0.1) is 0 Å². The summed E-state index contributed by atoms with van der Waals surface area (Å²) in [5.74, 6) is 0. The van der Waals surface area contributed by atoms with Crippen LogP contribution < -0.4 is 0 Å². The molecule has 0 bridgehead atoms. The lowest BCUT2D eigenvalue weighted by atomic mass is 10.1. The molecule has 0 aromatic carbocycles. The normalized spacial score (nSPS) is 15.6. The quantitative estimate of drug-likeness (QED) is 0.759. The molecule has 3 rings (SSSR count). The first-order chi connectivity index (χ1) is 9.97. The number of halogens is 3. The molecular formula is C14H15F3N4. The van der Waals surface area contributed by atoms with Gasteiger partial charge in [0.2, 0.25) is 0 Å². The van der Waals surface area contributed by atoms with Crippen molar-refractivity contribution in [3.63, 3.8) is 0 Å². The van der Waals surface area contributed by atoms with Gasteiger partial charge in [-0.1, -0.05) is 6.42 Å². The summed E-state index contributed by atoms with van der Waals surface area (Å²) in [4.78, 5) is 0. The summed E-state index contributed by atoms with van der Waals surface area (Å²) in [5, 5.41) is 11.8. The fourth-order valence-electron chi connectivity index (χ4n) is 2.76. The first-order valence-corrected chi connectivity index (χ1v) is 6.92. The van der Waals surface area contributed by atoms with Gasteiger partial charge < -0.3 is 0 Å². The summed E-state index contributed by atoms with van der Waals surface area (Å²) >= 11 is 0. The van der Waals surface area contributed by atoms with E-state index >= 15 is 0 Å². The van der Waals surface area contributed by atoms with E-state index in [2.05, 4.69) is 15.3 Å². The van der Waals surface area contributed by atoms with Crippen LogP contribution in [-0.2, 0) is 26.1 Å². The van der Waals surface area contributed by atoms with Crippen LogP contribution in [0.5, 0.6) is 0 Å². The highest BCUT2D eigenvalue weighted by Crippen LogP contribution is 2.36. The van der Waals surface area contributed by atoms with E-state index < -0.39 is 11.9 Å². The third-order valence-electron chi connectivity index (χ3n) is 3.80. The van der Waals surface area contributed by atoms with Crippen LogP contribution in [0.15, 0.2) is 12.3 Å². The van der Waals surface area contributed by atoms with E-state index in [1.54, 1.807) is 6.07 Å². The highest BCUT2D eigenvalue weighted by atomic mass is 19.4. The monoisotopic (exact) mass is 296 g/mol. The number of rotatable bonds is 1. The zero-order valence-corrected chi connectivity index (χ0v) is 11.6. The lowest BCUT2D eigenvalue weighted by Gasteiger charge is -2.10. The molecule has 2 aromatic heterocycles. The van der Waals surface area contributed by atoms with Crippen molar-refractivity contribution in [1.82, 2.24) is 20.0 Å². The fourth-order valence-corrected chi connectivity index (χ4v) is 2.76. The lowest BCUT2D eigenvalue weighted by molar-refractivity contribution is -0.143. The number of hydrogen-bond donors (Lipinski definition) is 0. The Labute approximate surface area is 120 Å². The molecule has 1 aliphatic rings. The number of aryl methyl sites for hydroxylation is 3. The molecule has 0 radical (unpaired) electrons. The summed E-state index contributed by atoms with van der Waals surface area (Å²) in [6.45, 7) is 0. The number of aromatic nitrogens is 4. The number of fused-ring (bicyclic) bond motifs is 1. The molecule has 0 spiro atoms. The number of hydrogen-bond acceptors (Lipinski definition) is 3. The van der Waals surface area contributed by atoms with Gasteiger partial charge in [-0.3, -0.25) is 4.68 Å². The van der Waals surface area contributed by atoms with Gasteiger partial charge in [-0.05, 0) is 37.3 Å². The molecule has 0 saturated carbocycles. The highest BCUT2D eigenvalue weighted by molar-refractivity contribution is 5.62. The maximum absolute atomic E-state index is 13.1. The van der Waals surface area contributed by atoms with Gasteiger partial charge in [-0.25, -0.2) is 0 Å². The topological polar surface area (TPSA) is 43.6 Å². The number of alkyl halides is 3. The second kappa shape index (κ2) is 5.13. The molecule has 0 amide bonds. The molecule has 4 nitrogen and oxygen atoms in total. The molecule has 0 unspecified atom stereocenters. The van der Waals surface area contributed by atoms with Gasteiger partial charge in [0, 0.05) is 7.05 Å². The van der Waals surface area contributed by atoms with Gasteiger partial charge in [-0.15, -0.1) is 0 Å². The molecule has 112 valence electrons. The van der Waals surface area contributed by atoms with Gasteiger partial charge in [0.1, 0.15) is 0 Å². The Morgan fingerprint density at radius 1 is 1.10 bits per heavy atom. The predicted octanol–water partition coefficient (Wildman–Crippen LogP) is 3.16. The van der Waals surface area contributed by atoms with Crippen LogP contribution in [0.1, 0.15) is 36.2 Å². The zero-order chi connectivity index (χ0) is 15.0. The average Bonchev–Trinajstić information content (AvgIpc) is 2.68. The Morgan fingerprint density at radius 3 is 2.62 bits per heavy atom. The van der Waals surface area contributed by atoms with Crippen molar-refractivity contribution in [3.05, 3.63) is 29.2 Å². The van der Waals surface area contributed by atoms with Crippen LogP contribution in [0.25, 0.3) is 11.3 Å². The largest absolute Gasteiger partial charge is 0.433 e. The first kappa shape index (κ1) is 14.0. The third-order valence-corrected chi connectivity index (χ3v) is 3.80. The second-order valence-corrected chi connectivity index (χ2v) is 5.29. The van der Waals surface area contributed by atoms with Gasteiger partial charge >= 0.3 is 6.18 Å². The second-order valence-electron chi connectivity index (χ2n) is 5.29. The van der Waals surface area contributed by atoms with Crippen molar-refractivity contribution in [2.75, 3.05) is 0 Å². The van der Waals surface area contributed by atoms with Crippen molar-refractivity contribution >= 4 is 0 Å². The molecule has 2 aromatic rings. The first-order valence-electron chi connectivity index (χ1n) is 6.92. The van der Waals surface area contributed by atoms with E-state index in [0.29, 0.717) is 0 Å². The molecule has 0 fully saturated rings. The summed E-state index contributed by atoms with van der Waals surface area (Å²) < 4.78 is 40.2. The molecule has 1 aliphatic carbocycles. The van der Waals surface area contributed by atoms with E-state index in [0.717, 1.165) is 48.0 Å². The SMILES string of the molecule is Cn1ncc(-c2cc3c(nn2)CCCCC3)c1C(F)(F)F. The molecule has 0 N–H and O–H groups in total. The Kier molecular flexibility index (Phi) is 3.43. The van der Waals surface area contributed by atoms with E-state index in [4.69, 9.17) is 0 Å². The molecule has 21 heavy (non-hydrogen) atoms. The van der Waals surface area contributed by atoms with Crippen LogP contribution in [0.2, 0.25) is 0 Å². The fraction of sp³-hybridized carbons (Fsp3) is 0.500. The summed E-state index contributed by atoms with van der Waals surface area (Å²) in [6, 6.07) is 1.74. The molecular weight excluding hydrogens is 281 g/mol. The van der Waals surface area contributed by atoms with Gasteiger partial charge in [0.15, 0.2) is 5.69 Å². The van der Waals surface area contributed by atoms with Crippen molar-refractivity contribution in [1.29, 1.82) is 0 Å². The molecule has 7 heteroatoms. The zero-order valence-electron chi connectivity index (χ0n) is 11.6. The van der Waals surface area contributed by atoms with Crippen molar-refractivity contribution in [2.24, 2.45) is 7.05 Å². The third kappa shape index (κ3) is 2.64. The predicted molar refractivity (Wildman–Crippen MR) is 70.5 cm³/mol. The number of nitrogens with zero attached hydrogens (tertiary/aromatic N) is 4. The van der Waals surface area contributed by atoms with E-state index in [1.165, 1.54) is 13.2 Å². The Balaban J connectivity index is 2.08. The summed E-state index contributed by atoms with van der Waals surface area (Å²) in [6.07, 6.45) is 1.65. The molecule has 0 atom stereocenters. The maximum Gasteiger partial charge on any atom is 0.433 e. The van der Waals surface area contributed by atoms with Crippen molar-refractivity contribution in [2.45, 2.75) is 38.3 Å². The van der Waals surface area contributed by atoms with Crippen LogP contribution >= 0.6 is 0 Å². The average molecular weight is 296 g/mol. The van der Waals surface area contributed by atoms with Gasteiger partial charge in [0.25, 0.3) is 0 Å². The molecule has 2 heterocycles. The Bertz CT molecular complexity index is 661. The maximum atomic E-state index is 13.1. The molecule has 0 aliphatic heterocycles. The standard InChI is InChI=1S/C14H15F3N4/c1-21-13(14(15,16)17)10(8-18-21)12-7-9-5-3-2-4-6-11(9)19-20-12/h7-8H,2-6H2,1H3. The van der Waals surface area contributed by atoms with E-state index in [-0.39, 0.29) is 11.3 Å². The van der Waals surface area contributed by atoms with E-state index in [1.807, 2.05) is 0 Å². The minimum atomic E-state index is -4.46. The smallest absolute Gasteiger partial charge is 0.263 e. The highest BCUT2D eigenvalue weighted by Gasteiger charge is 2.38. The minimum Gasteiger partial charge on any atom is -0.263 e. The Hall–Kier alpha value is -1.92. The minimum absolute atomic E-state index is 0.00968. The van der Waals surface area contributed by atoms with Gasteiger partial charge in [-0.2, -0.15) is 28.5 Å². The summed E-state index contributed by atoms with van der Waals surface area (Å²) in [5.41, 5.74) is 1.37. The molecule has 0 saturated heterocycles. The van der Waals surface area contributed by atoms with Crippen molar-refractivity contribution in [3.8, 4) is 11.3 Å². The Morgan fingerprint density at radius 2 is 1.86 bits per heavy atom. The van der Waals surface area contributed by atoms with Crippen molar-refractivity contribution < 1.29 is 13.2 Å². The van der Waals surface area contributed by atoms with Crippen LogP contribution in [-0.4, -0.2) is 20.0 Å². The lowest BCUT2D eigenvalue weighted by Crippen LogP contribution is -2.13. The van der Waals surface area contributed by atoms with Gasteiger partial charge in [0.05, 0.1) is 23.1 Å². The van der Waals surface area contributed by atoms with Crippen LogP contribution in [0.4, 0.5) is 13.2 Å². The summed E-state index contributed by atoms with van der Waals surface area (Å²) in [7, 11) is 1.28. The van der Waals surface area contributed by atoms with E-state index in [9.17, 15) is 13.2 Å².